The molecule has 0 bridgehead atoms. The zero-order valence-corrected chi connectivity index (χ0v) is 20.0. The van der Waals surface area contributed by atoms with Crippen LogP contribution in [-0.4, -0.2) is 18.6 Å². The second-order valence-corrected chi connectivity index (χ2v) is 8.51. The third-order valence-corrected chi connectivity index (χ3v) is 6.19. The van der Waals surface area contributed by atoms with E-state index in [0.29, 0.717) is 6.61 Å². The summed E-state index contributed by atoms with van der Waals surface area (Å²) < 4.78 is 12.1. The van der Waals surface area contributed by atoms with E-state index in [-0.39, 0.29) is 11.9 Å². The summed E-state index contributed by atoms with van der Waals surface area (Å²) in [6.07, 6.45) is 4.37. The third kappa shape index (κ3) is 4.38. The van der Waals surface area contributed by atoms with Crippen LogP contribution in [0, 0.1) is 6.92 Å². The van der Waals surface area contributed by atoms with E-state index in [2.05, 4.69) is 60.8 Å². The Labute approximate surface area is 195 Å². The standard InChI is InChI=1S/C29H31NO3/c1-6-19(4)30-27(31)15-18(3)24-16-25-26(17-33-29(25)20(5)28(24)32-7-2)23-14-10-12-21-11-8-9-13-22(21)23/h8-17,19H,6-7H2,1-5H3,(H,30,31)/b18-15+. The van der Waals surface area contributed by atoms with E-state index < -0.39 is 0 Å². The van der Waals surface area contributed by atoms with Gasteiger partial charge in [0.15, 0.2) is 0 Å². The molecule has 33 heavy (non-hydrogen) atoms. The molecule has 1 heterocycles. The van der Waals surface area contributed by atoms with Gasteiger partial charge < -0.3 is 14.5 Å². The van der Waals surface area contributed by atoms with Crippen molar-refractivity contribution in [1.29, 1.82) is 0 Å². The minimum absolute atomic E-state index is 0.0940. The van der Waals surface area contributed by atoms with Gasteiger partial charge >= 0.3 is 0 Å². The number of benzene rings is 3. The zero-order chi connectivity index (χ0) is 23.5. The first-order chi connectivity index (χ1) is 15.9. The summed E-state index contributed by atoms with van der Waals surface area (Å²) in [5, 5.41) is 6.38. The minimum Gasteiger partial charge on any atom is -0.493 e. The van der Waals surface area contributed by atoms with Crippen LogP contribution < -0.4 is 10.1 Å². The van der Waals surface area contributed by atoms with Gasteiger partial charge in [0.05, 0.1) is 12.9 Å². The van der Waals surface area contributed by atoms with Gasteiger partial charge in [-0.2, -0.15) is 0 Å². The van der Waals surface area contributed by atoms with E-state index in [1.807, 2.05) is 34.0 Å². The van der Waals surface area contributed by atoms with Crippen molar-refractivity contribution >= 4 is 33.2 Å². The first-order valence-corrected chi connectivity index (χ1v) is 11.6. The van der Waals surface area contributed by atoms with Crippen LogP contribution in [-0.2, 0) is 4.79 Å². The Morgan fingerprint density at radius 2 is 1.85 bits per heavy atom. The summed E-state index contributed by atoms with van der Waals surface area (Å²) in [7, 11) is 0. The Hall–Kier alpha value is -3.53. The largest absolute Gasteiger partial charge is 0.493 e. The molecule has 170 valence electrons. The molecule has 4 nitrogen and oxygen atoms in total. The number of allylic oxidation sites excluding steroid dienone is 1. The van der Waals surface area contributed by atoms with Gasteiger partial charge in [0.25, 0.3) is 0 Å². The number of ether oxygens (including phenoxy) is 1. The number of fused-ring (bicyclic) bond motifs is 2. The van der Waals surface area contributed by atoms with Gasteiger partial charge in [0.2, 0.25) is 5.91 Å². The molecular weight excluding hydrogens is 410 g/mol. The lowest BCUT2D eigenvalue weighted by Gasteiger charge is -2.15. The molecule has 0 radical (unpaired) electrons. The van der Waals surface area contributed by atoms with E-state index in [1.54, 1.807) is 6.08 Å². The Morgan fingerprint density at radius 3 is 2.61 bits per heavy atom. The van der Waals surface area contributed by atoms with Crippen LogP contribution in [0.4, 0.5) is 0 Å². The molecule has 0 fully saturated rings. The number of furan rings is 1. The lowest BCUT2D eigenvalue weighted by atomic mass is 9.94. The van der Waals surface area contributed by atoms with Crippen molar-refractivity contribution in [2.45, 2.75) is 47.1 Å². The van der Waals surface area contributed by atoms with E-state index in [9.17, 15) is 4.79 Å². The number of rotatable bonds is 7. The number of carbonyl (C=O) groups excluding carboxylic acids is 1. The minimum atomic E-state index is -0.0940. The Kier molecular flexibility index (Phi) is 6.55. The Balaban J connectivity index is 1.90. The van der Waals surface area contributed by atoms with Crippen molar-refractivity contribution in [2.24, 2.45) is 0 Å². The molecule has 0 saturated carbocycles. The van der Waals surface area contributed by atoms with Gasteiger partial charge in [0, 0.05) is 34.2 Å². The van der Waals surface area contributed by atoms with Crippen LogP contribution in [0.5, 0.6) is 5.75 Å². The molecule has 0 aliphatic rings. The highest BCUT2D eigenvalue weighted by molar-refractivity contribution is 6.07. The lowest BCUT2D eigenvalue weighted by Crippen LogP contribution is -2.30. The number of hydrogen-bond donors (Lipinski definition) is 1. The molecular formula is C29H31NO3. The molecule has 3 aromatic carbocycles. The van der Waals surface area contributed by atoms with Crippen LogP contribution in [0.3, 0.4) is 0 Å². The summed E-state index contributed by atoms with van der Waals surface area (Å²) in [6.45, 7) is 10.5. The first kappa shape index (κ1) is 22.7. The van der Waals surface area contributed by atoms with Gasteiger partial charge in [-0.3, -0.25) is 4.79 Å². The second kappa shape index (κ2) is 9.53. The van der Waals surface area contributed by atoms with E-state index in [4.69, 9.17) is 9.15 Å². The molecule has 4 aromatic rings. The predicted octanol–water partition coefficient (Wildman–Crippen LogP) is 7.28. The summed E-state index contributed by atoms with van der Waals surface area (Å²) >= 11 is 0. The number of nitrogens with one attached hydrogen (secondary N) is 1. The predicted molar refractivity (Wildman–Crippen MR) is 137 cm³/mol. The maximum absolute atomic E-state index is 12.6. The molecule has 0 aliphatic carbocycles. The topological polar surface area (TPSA) is 51.5 Å². The Bertz CT molecular complexity index is 1340. The number of carbonyl (C=O) groups is 1. The fraction of sp³-hybridized carbons (Fsp3) is 0.276. The fourth-order valence-electron chi connectivity index (χ4n) is 4.27. The van der Waals surface area contributed by atoms with Gasteiger partial charge in [-0.1, -0.05) is 49.4 Å². The summed E-state index contributed by atoms with van der Waals surface area (Å²) in [6, 6.07) is 16.9. The smallest absolute Gasteiger partial charge is 0.244 e. The SMILES string of the molecule is CCOc1c(/C(C)=C/C(=O)NC(C)CC)cc2c(-c3cccc4ccccc34)coc2c1C. The second-order valence-electron chi connectivity index (χ2n) is 8.51. The van der Waals surface area contributed by atoms with Crippen LogP contribution in [0.1, 0.15) is 45.2 Å². The van der Waals surface area contributed by atoms with Gasteiger partial charge in [-0.15, -0.1) is 0 Å². The normalized spacial score (nSPS) is 12.8. The maximum atomic E-state index is 12.6. The summed E-state index contributed by atoms with van der Waals surface area (Å²) in [4.78, 5) is 12.6. The lowest BCUT2D eigenvalue weighted by molar-refractivity contribution is -0.117. The van der Waals surface area contributed by atoms with E-state index >= 15 is 0 Å². The van der Waals surface area contributed by atoms with Crippen molar-refractivity contribution in [1.82, 2.24) is 5.32 Å². The Morgan fingerprint density at radius 1 is 1.09 bits per heavy atom. The van der Waals surface area contributed by atoms with Crippen LogP contribution in [0.25, 0.3) is 38.4 Å². The van der Waals surface area contributed by atoms with Gasteiger partial charge in [-0.05, 0) is 62.1 Å². The van der Waals surface area contributed by atoms with Crippen LogP contribution in [0.15, 0.2) is 65.3 Å². The number of aryl methyl sites for hydroxylation is 1. The van der Waals surface area contributed by atoms with E-state index in [0.717, 1.165) is 51.0 Å². The quantitative estimate of drug-likeness (QED) is 0.307. The molecule has 0 aliphatic heterocycles. The number of amides is 1. The number of hydrogen-bond acceptors (Lipinski definition) is 3. The average molecular weight is 442 g/mol. The van der Waals surface area contributed by atoms with Crippen molar-refractivity contribution < 1.29 is 13.9 Å². The van der Waals surface area contributed by atoms with Crippen molar-refractivity contribution in [3.05, 3.63) is 72.0 Å². The third-order valence-electron chi connectivity index (χ3n) is 6.19. The first-order valence-electron chi connectivity index (χ1n) is 11.6. The highest BCUT2D eigenvalue weighted by atomic mass is 16.5. The molecule has 1 atom stereocenters. The maximum Gasteiger partial charge on any atom is 0.244 e. The zero-order valence-electron chi connectivity index (χ0n) is 20.0. The molecule has 0 saturated heterocycles. The molecule has 1 amide bonds. The van der Waals surface area contributed by atoms with Crippen molar-refractivity contribution in [3.8, 4) is 16.9 Å². The summed E-state index contributed by atoms with van der Waals surface area (Å²) in [5.41, 5.74) is 5.66. The highest BCUT2D eigenvalue weighted by Gasteiger charge is 2.20. The average Bonchev–Trinajstić information content (AvgIpc) is 3.24. The van der Waals surface area contributed by atoms with Crippen molar-refractivity contribution in [3.63, 3.8) is 0 Å². The molecule has 4 heteroatoms. The van der Waals surface area contributed by atoms with Crippen molar-refractivity contribution in [2.75, 3.05) is 6.61 Å². The molecule has 1 aromatic heterocycles. The molecule has 0 spiro atoms. The molecule has 1 unspecified atom stereocenters. The highest BCUT2D eigenvalue weighted by Crippen LogP contribution is 2.42. The molecule has 1 N–H and O–H groups in total. The summed E-state index contributed by atoms with van der Waals surface area (Å²) in [5.74, 6) is 0.664. The van der Waals surface area contributed by atoms with E-state index in [1.165, 1.54) is 10.8 Å². The monoisotopic (exact) mass is 441 g/mol. The van der Waals surface area contributed by atoms with Gasteiger partial charge in [0.1, 0.15) is 11.3 Å². The van der Waals surface area contributed by atoms with Crippen LogP contribution >= 0.6 is 0 Å². The fourth-order valence-corrected chi connectivity index (χ4v) is 4.27. The van der Waals surface area contributed by atoms with Gasteiger partial charge in [-0.25, -0.2) is 0 Å². The van der Waals surface area contributed by atoms with Crippen LogP contribution in [0.2, 0.25) is 0 Å². The molecule has 4 rings (SSSR count).